The Balaban J connectivity index is 2.14. The second-order valence-corrected chi connectivity index (χ2v) is 5.13. The Morgan fingerprint density at radius 3 is 2.53 bits per heavy atom. The number of halogens is 1. The highest BCUT2D eigenvalue weighted by Gasteiger charge is 2.36. The van der Waals surface area contributed by atoms with Gasteiger partial charge in [-0.3, -0.25) is 0 Å². The Labute approximate surface area is 107 Å². The minimum Gasteiger partial charge on any atom is -0.493 e. The number of nitrogens with one attached hydrogen (secondary N) is 1. The summed E-state index contributed by atoms with van der Waals surface area (Å²) in [6, 6.07) is 3.88. The highest BCUT2D eigenvalue weighted by atomic mass is 35.5. The van der Waals surface area contributed by atoms with Crippen molar-refractivity contribution in [3.63, 3.8) is 0 Å². The van der Waals surface area contributed by atoms with Crippen LogP contribution >= 0.6 is 11.6 Å². The smallest absolute Gasteiger partial charge is 0.179 e. The summed E-state index contributed by atoms with van der Waals surface area (Å²) >= 11 is 6.15. The fourth-order valence-corrected chi connectivity index (χ4v) is 2.06. The lowest BCUT2D eigenvalue weighted by atomic mass is 10.2. The first-order chi connectivity index (χ1) is 8.08. The van der Waals surface area contributed by atoms with E-state index in [1.807, 2.05) is 12.1 Å². The normalized spacial score (nSPS) is 16.7. The predicted octanol–water partition coefficient (Wildman–Crippen LogP) is 3.00. The summed E-state index contributed by atoms with van der Waals surface area (Å²) < 4.78 is 10.5. The topological polar surface area (TPSA) is 30.5 Å². The lowest BCUT2D eigenvalue weighted by molar-refractivity contribution is 0.354. The summed E-state index contributed by atoms with van der Waals surface area (Å²) in [5, 5.41) is 4.10. The van der Waals surface area contributed by atoms with Gasteiger partial charge < -0.3 is 14.8 Å². The second kappa shape index (κ2) is 4.75. The molecule has 1 aromatic rings. The predicted molar refractivity (Wildman–Crippen MR) is 69.0 cm³/mol. The summed E-state index contributed by atoms with van der Waals surface area (Å²) in [6.45, 7) is 3.03. The van der Waals surface area contributed by atoms with E-state index in [0.717, 1.165) is 12.1 Å². The molecule has 94 valence electrons. The van der Waals surface area contributed by atoms with E-state index < -0.39 is 0 Å². The van der Waals surface area contributed by atoms with Crippen LogP contribution in [0.25, 0.3) is 0 Å². The molecule has 0 amide bonds. The van der Waals surface area contributed by atoms with Crippen molar-refractivity contribution < 1.29 is 9.47 Å². The van der Waals surface area contributed by atoms with Crippen LogP contribution < -0.4 is 14.8 Å². The zero-order valence-electron chi connectivity index (χ0n) is 10.5. The highest BCUT2D eigenvalue weighted by Crippen LogP contribution is 2.37. The molecule has 1 saturated carbocycles. The van der Waals surface area contributed by atoms with Crippen LogP contribution in [0.3, 0.4) is 0 Å². The summed E-state index contributed by atoms with van der Waals surface area (Å²) in [6.07, 6.45) is 2.49. The SMILES string of the molecule is COc1cc(CNC2(C)CC2)cc(Cl)c1OC. The van der Waals surface area contributed by atoms with Gasteiger partial charge in [-0.15, -0.1) is 0 Å². The van der Waals surface area contributed by atoms with E-state index in [1.165, 1.54) is 12.8 Å². The third-order valence-electron chi connectivity index (χ3n) is 3.21. The van der Waals surface area contributed by atoms with Crippen molar-refractivity contribution in [2.45, 2.75) is 31.8 Å². The third-order valence-corrected chi connectivity index (χ3v) is 3.49. The number of hydrogen-bond acceptors (Lipinski definition) is 3. The highest BCUT2D eigenvalue weighted by molar-refractivity contribution is 6.32. The minimum absolute atomic E-state index is 0.319. The van der Waals surface area contributed by atoms with Gasteiger partial charge in [0.25, 0.3) is 0 Å². The van der Waals surface area contributed by atoms with Crippen molar-refractivity contribution >= 4 is 11.6 Å². The van der Waals surface area contributed by atoms with Crippen molar-refractivity contribution in [3.05, 3.63) is 22.7 Å². The molecule has 1 aliphatic rings. The number of benzene rings is 1. The molecule has 3 nitrogen and oxygen atoms in total. The number of rotatable bonds is 5. The molecule has 1 aliphatic carbocycles. The van der Waals surface area contributed by atoms with Crippen LogP contribution in [-0.4, -0.2) is 19.8 Å². The molecule has 1 N–H and O–H groups in total. The zero-order valence-corrected chi connectivity index (χ0v) is 11.2. The molecule has 0 unspecified atom stereocenters. The third kappa shape index (κ3) is 2.85. The van der Waals surface area contributed by atoms with E-state index in [2.05, 4.69) is 12.2 Å². The van der Waals surface area contributed by atoms with Crippen LogP contribution in [-0.2, 0) is 6.54 Å². The molecule has 1 fully saturated rings. The molecule has 0 aliphatic heterocycles. The maximum Gasteiger partial charge on any atom is 0.179 e. The number of methoxy groups -OCH3 is 2. The molecule has 0 atom stereocenters. The summed E-state index contributed by atoms with van der Waals surface area (Å²) in [7, 11) is 3.21. The Kier molecular flexibility index (Phi) is 3.50. The van der Waals surface area contributed by atoms with Gasteiger partial charge in [-0.05, 0) is 37.5 Å². The van der Waals surface area contributed by atoms with Crippen LogP contribution in [0.5, 0.6) is 11.5 Å². The number of hydrogen-bond donors (Lipinski definition) is 1. The lowest BCUT2D eigenvalue weighted by Gasteiger charge is -2.14. The van der Waals surface area contributed by atoms with Gasteiger partial charge in [0.15, 0.2) is 11.5 Å². The van der Waals surface area contributed by atoms with E-state index >= 15 is 0 Å². The lowest BCUT2D eigenvalue weighted by Crippen LogP contribution is -2.26. The molecular formula is C13H18ClNO2. The first-order valence-electron chi connectivity index (χ1n) is 5.73. The fraction of sp³-hybridized carbons (Fsp3) is 0.538. The first-order valence-corrected chi connectivity index (χ1v) is 6.11. The fourth-order valence-electron chi connectivity index (χ4n) is 1.75. The molecule has 0 saturated heterocycles. The molecule has 0 spiro atoms. The van der Waals surface area contributed by atoms with Gasteiger partial charge in [0.05, 0.1) is 19.2 Å². The van der Waals surface area contributed by atoms with E-state index in [1.54, 1.807) is 14.2 Å². The van der Waals surface area contributed by atoms with Crippen LogP contribution in [0, 0.1) is 0 Å². The molecule has 0 aromatic heterocycles. The van der Waals surface area contributed by atoms with Gasteiger partial charge in [0.1, 0.15) is 0 Å². The summed E-state index contributed by atoms with van der Waals surface area (Å²) in [5.41, 5.74) is 1.43. The van der Waals surface area contributed by atoms with Gasteiger partial charge in [0.2, 0.25) is 0 Å². The van der Waals surface area contributed by atoms with E-state index in [4.69, 9.17) is 21.1 Å². The monoisotopic (exact) mass is 255 g/mol. The van der Waals surface area contributed by atoms with Crippen molar-refractivity contribution in [2.75, 3.05) is 14.2 Å². The zero-order chi connectivity index (χ0) is 12.5. The van der Waals surface area contributed by atoms with E-state index in [-0.39, 0.29) is 0 Å². The summed E-state index contributed by atoms with van der Waals surface area (Å²) in [4.78, 5) is 0. The Bertz CT molecular complexity index is 416. The molecule has 0 bridgehead atoms. The molecule has 17 heavy (non-hydrogen) atoms. The minimum atomic E-state index is 0.319. The maximum atomic E-state index is 6.15. The van der Waals surface area contributed by atoms with Gasteiger partial charge in [-0.2, -0.15) is 0 Å². The molecule has 0 heterocycles. The second-order valence-electron chi connectivity index (χ2n) is 4.73. The largest absolute Gasteiger partial charge is 0.493 e. The van der Waals surface area contributed by atoms with Gasteiger partial charge in [0, 0.05) is 12.1 Å². The van der Waals surface area contributed by atoms with Crippen LogP contribution in [0.1, 0.15) is 25.3 Å². The van der Waals surface area contributed by atoms with Gasteiger partial charge in [-0.25, -0.2) is 0 Å². The average molecular weight is 256 g/mol. The van der Waals surface area contributed by atoms with E-state index in [9.17, 15) is 0 Å². The van der Waals surface area contributed by atoms with Crippen LogP contribution in [0.4, 0.5) is 0 Å². The molecule has 4 heteroatoms. The first kappa shape index (κ1) is 12.5. The van der Waals surface area contributed by atoms with E-state index in [0.29, 0.717) is 22.1 Å². The Morgan fingerprint density at radius 2 is 2.00 bits per heavy atom. The Morgan fingerprint density at radius 1 is 1.29 bits per heavy atom. The van der Waals surface area contributed by atoms with Gasteiger partial charge >= 0.3 is 0 Å². The molecule has 0 radical (unpaired) electrons. The van der Waals surface area contributed by atoms with Crippen molar-refractivity contribution in [2.24, 2.45) is 0 Å². The van der Waals surface area contributed by atoms with Crippen molar-refractivity contribution in [1.82, 2.24) is 5.32 Å². The number of ether oxygens (including phenoxy) is 2. The molecule has 2 rings (SSSR count). The maximum absolute atomic E-state index is 6.15. The van der Waals surface area contributed by atoms with Crippen LogP contribution in [0.15, 0.2) is 12.1 Å². The molecular weight excluding hydrogens is 238 g/mol. The Hall–Kier alpha value is -0.930. The standard InChI is InChI=1S/C13H18ClNO2/c1-13(4-5-13)15-8-9-6-10(14)12(17-3)11(7-9)16-2/h6-7,15H,4-5,8H2,1-3H3. The molecule has 1 aromatic carbocycles. The van der Waals surface area contributed by atoms with Gasteiger partial charge in [-0.1, -0.05) is 11.6 Å². The summed E-state index contributed by atoms with van der Waals surface area (Å²) in [5.74, 6) is 1.27. The van der Waals surface area contributed by atoms with Crippen molar-refractivity contribution in [3.8, 4) is 11.5 Å². The van der Waals surface area contributed by atoms with Crippen molar-refractivity contribution in [1.29, 1.82) is 0 Å². The van der Waals surface area contributed by atoms with Crippen LogP contribution in [0.2, 0.25) is 5.02 Å². The average Bonchev–Trinajstić information content (AvgIpc) is 3.04. The quantitative estimate of drug-likeness (QED) is 0.877.